The van der Waals surface area contributed by atoms with Crippen LogP contribution in [0.25, 0.3) is 0 Å². The maximum absolute atomic E-state index is 12.1. The monoisotopic (exact) mass is 347 g/mol. The molecule has 3 N–H and O–H groups in total. The maximum atomic E-state index is 12.1. The van der Waals surface area contributed by atoms with Crippen molar-refractivity contribution in [1.29, 1.82) is 0 Å². The van der Waals surface area contributed by atoms with E-state index in [9.17, 15) is 4.79 Å². The number of rotatable bonds is 5. The predicted octanol–water partition coefficient (Wildman–Crippen LogP) is 2.30. The highest BCUT2D eigenvalue weighted by Crippen LogP contribution is 2.15. The molecule has 0 radical (unpaired) electrons. The summed E-state index contributed by atoms with van der Waals surface area (Å²) in [5.41, 5.74) is 8.05. The van der Waals surface area contributed by atoms with Crippen LogP contribution in [0.1, 0.15) is 30.5 Å². The quantitative estimate of drug-likeness (QED) is 0.858. The van der Waals surface area contributed by atoms with E-state index in [0.29, 0.717) is 5.92 Å². The Balaban J connectivity index is 0.00000220. The van der Waals surface area contributed by atoms with Crippen LogP contribution in [0.5, 0.6) is 0 Å². The summed E-state index contributed by atoms with van der Waals surface area (Å²) in [5, 5.41) is 2.99. The summed E-state index contributed by atoms with van der Waals surface area (Å²) >= 11 is 0. The van der Waals surface area contributed by atoms with E-state index >= 15 is 0 Å². The molecule has 1 saturated heterocycles. The smallest absolute Gasteiger partial charge is 0.241 e. The number of nitrogens with one attached hydrogen (secondary N) is 1. The van der Waals surface area contributed by atoms with Crippen molar-refractivity contribution in [2.24, 2.45) is 11.7 Å². The lowest BCUT2D eigenvalue weighted by Gasteiger charge is -2.16. The van der Waals surface area contributed by atoms with E-state index in [0.717, 1.165) is 38.2 Å². The molecule has 0 aromatic heterocycles. The topological polar surface area (TPSA) is 58.4 Å². The number of amides is 1. The van der Waals surface area contributed by atoms with Crippen LogP contribution in [0.3, 0.4) is 0 Å². The van der Waals surface area contributed by atoms with Gasteiger partial charge in [0.15, 0.2) is 0 Å². The van der Waals surface area contributed by atoms with Crippen LogP contribution in [0.2, 0.25) is 0 Å². The molecule has 6 heteroatoms. The van der Waals surface area contributed by atoms with Gasteiger partial charge in [-0.25, -0.2) is 0 Å². The van der Waals surface area contributed by atoms with Gasteiger partial charge in [-0.15, -0.1) is 24.8 Å². The number of nitrogens with zero attached hydrogens (tertiary/aromatic N) is 1. The van der Waals surface area contributed by atoms with Gasteiger partial charge in [-0.1, -0.05) is 36.8 Å². The van der Waals surface area contributed by atoms with Crippen molar-refractivity contribution >= 4 is 30.7 Å². The van der Waals surface area contributed by atoms with Crippen LogP contribution in [0.4, 0.5) is 0 Å². The van der Waals surface area contributed by atoms with E-state index in [-0.39, 0.29) is 30.7 Å². The SMILES string of the molecule is CCN1CCC(CNC(=O)C(N)c2ccc(C)cc2)C1.Cl.Cl. The number of halogens is 2. The fraction of sp³-hybridized carbons (Fsp3) is 0.562. The van der Waals surface area contributed by atoms with Crippen molar-refractivity contribution in [2.45, 2.75) is 26.3 Å². The van der Waals surface area contributed by atoms with Gasteiger partial charge in [0.05, 0.1) is 0 Å². The number of carbonyl (C=O) groups is 1. The molecule has 1 amide bonds. The fourth-order valence-corrected chi connectivity index (χ4v) is 2.65. The summed E-state index contributed by atoms with van der Waals surface area (Å²) in [6.07, 6.45) is 1.16. The molecule has 0 bridgehead atoms. The van der Waals surface area contributed by atoms with E-state index in [4.69, 9.17) is 5.73 Å². The summed E-state index contributed by atoms with van der Waals surface area (Å²) in [6, 6.07) is 7.25. The molecule has 1 aromatic rings. The molecule has 4 nitrogen and oxygen atoms in total. The van der Waals surface area contributed by atoms with Gasteiger partial charge in [-0.2, -0.15) is 0 Å². The summed E-state index contributed by atoms with van der Waals surface area (Å²) in [6.45, 7) is 8.24. The number of carbonyl (C=O) groups excluding carboxylic acids is 1. The highest BCUT2D eigenvalue weighted by Gasteiger charge is 2.23. The maximum Gasteiger partial charge on any atom is 0.241 e. The average molecular weight is 348 g/mol. The zero-order chi connectivity index (χ0) is 14.5. The van der Waals surface area contributed by atoms with Crippen LogP contribution >= 0.6 is 24.8 Å². The fourth-order valence-electron chi connectivity index (χ4n) is 2.65. The summed E-state index contributed by atoms with van der Waals surface area (Å²) in [5.74, 6) is 0.480. The molecule has 1 fully saturated rings. The van der Waals surface area contributed by atoms with Crippen LogP contribution in [-0.2, 0) is 4.79 Å². The Morgan fingerprint density at radius 2 is 2.00 bits per heavy atom. The first kappa shape index (κ1) is 21.2. The first-order valence-electron chi connectivity index (χ1n) is 7.42. The highest BCUT2D eigenvalue weighted by molar-refractivity contribution is 5.85. The van der Waals surface area contributed by atoms with Gasteiger partial charge in [-0.3, -0.25) is 4.79 Å². The third kappa shape index (κ3) is 5.76. The Bertz CT molecular complexity index is 453. The minimum atomic E-state index is -0.570. The minimum Gasteiger partial charge on any atom is -0.354 e. The van der Waals surface area contributed by atoms with Crippen molar-refractivity contribution in [2.75, 3.05) is 26.2 Å². The molecule has 1 aliphatic heterocycles. The lowest BCUT2D eigenvalue weighted by atomic mass is 10.0. The van der Waals surface area contributed by atoms with Gasteiger partial charge < -0.3 is 16.0 Å². The zero-order valence-corrected chi connectivity index (χ0v) is 14.9. The molecule has 0 saturated carbocycles. The number of hydrogen-bond acceptors (Lipinski definition) is 3. The first-order chi connectivity index (χ1) is 9.60. The number of likely N-dealkylation sites (tertiary alicyclic amines) is 1. The molecule has 1 heterocycles. The molecule has 0 aliphatic carbocycles. The van der Waals surface area contributed by atoms with Crippen molar-refractivity contribution in [1.82, 2.24) is 10.2 Å². The minimum absolute atomic E-state index is 0. The second kappa shape index (κ2) is 10.1. The van der Waals surface area contributed by atoms with E-state index in [1.807, 2.05) is 31.2 Å². The number of hydrogen-bond donors (Lipinski definition) is 2. The Morgan fingerprint density at radius 3 is 2.55 bits per heavy atom. The Hall–Kier alpha value is -0.810. The van der Waals surface area contributed by atoms with E-state index in [2.05, 4.69) is 17.1 Å². The van der Waals surface area contributed by atoms with Gasteiger partial charge >= 0.3 is 0 Å². The van der Waals surface area contributed by atoms with E-state index in [1.54, 1.807) is 0 Å². The second-order valence-corrected chi connectivity index (χ2v) is 5.68. The van der Waals surface area contributed by atoms with Crippen LogP contribution in [0, 0.1) is 12.8 Å². The van der Waals surface area contributed by atoms with Crippen molar-refractivity contribution < 1.29 is 4.79 Å². The van der Waals surface area contributed by atoms with E-state index in [1.165, 1.54) is 5.56 Å². The van der Waals surface area contributed by atoms with Gasteiger partial charge in [0.1, 0.15) is 6.04 Å². The molecular formula is C16H27Cl2N3O. The van der Waals surface area contributed by atoms with Gasteiger partial charge in [0.2, 0.25) is 5.91 Å². The molecule has 22 heavy (non-hydrogen) atoms. The molecule has 1 aromatic carbocycles. The third-order valence-electron chi connectivity index (χ3n) is 4.10. The summed E-state index contributed by atoms with van der Waals surface area (Å²) < 4.78 is 0. The zero-order valence-electron chi connectivity index (χ0n) is 13.2. The molecule has 2 atom stereocenters. The molecule has 0 spiro atoms. The average Bonchev–Trinajstić information content (AvgIpc) is 2.93. The van der Waals surface area contributed by atoms with Gasteiger partial charge in [0.25, 0.3) is 0 Å². The largest absolute Gasteiger partial charge is 0.354 e. The number of nitrogens with two attached hydrogens (primary N) is 1. The van der Waals surface area contributed by atoms with Crippen LogP contribution in [-0.4, -0.2) is 37.0 Å². The van der Waals surface area contributed by atoms with E-state index < -0.39 is 6.04 Å². The lowest BCUT2D eigenvalue weighted by Crippen LogP contribution is -2.37. The molecule has 2 unspecified atom stereocenters. The molecule has 1 aliphatic rings. The summed E-state index contributed by atoms with van der Waals surface area (Å²) in [4.78, 5) is 14.5. The summed E-state index contributed by atoms with van der Waals surface area (Å²) in [7, 11) is 0. The Morgan fingerprint density at radius 1 is 1.36 bits per heavy atom. The molecule has 2 rings (SSSR count). The van der Waals surface area contributed by atoms with Crippen molar-refractivity contribution in [3.05, 3.63) is 35.4 Å². The van der Waals surface area contributed by atoms with Gasteiger partial charge in [-0.05, 0) is 37.9 Å². The first-order valence-corrected chi connectivity index (χ1v) is 7.42. The lowest BCUT2D eigenvalue weighted by molar-refractivity contribution is -0.122. The second-order valence-electron chi connectivity index (χ2n) is 5.68. The normalized spacial score (nSPS) is 19.0. The number of aryl methyl sites for hydroxylation is 1. The molecule has 126 valence electrons. The highest BCUT2D eigenvalue weighted by atomic mass is 35.5. The Labute approximate surface area is 145 Å². The molecular weight excluding hydrogens is 321 g/mol. The Kier molecular flexibility index (Phi) is 9.69. The number of benzene rings is 1. The van der Waals surface area contributed by atoms with Crippen molar-refractivity contribution in [3.63, 3.8) is 0 Å². The predicted molar refractivity (Wildman–Crippen MR) is 95.8 cm³/mol. The van der Waals surface area contributed by atoms with Crippen LogP contribution in [0.15, 0.2) is 24.3 Å². The third-order valence-corrected chi connectivity index (χ3v) is 4.10. The standard InChI is InChI=1S/C16H25N3O.2ClH/c1-3-19-9-8-13(11-19)10-18-16(20)15(17)14-6-4-12(2)5-7-14;;/h4-7,13,15H,3,8-11,17H2,1-2H3,(H,18,20);2*1H. The van der Waals surface area contributed by atoms with Crippen LogP contribution < -0.4 is 11.1 Å². The van der Waals surface area contributed by atoms with Crippen molar-refractivity contribution in [3.8, 4) is 0 Å². The van der Waals surface area contributed by atoms with Gasteiger partial charge in [0, 0.05) is 13.1 Å².